The molecule has 0 N–H and O–H groups in total. The van der Waals surface area contributed by atoms with Gasteiger partial charge in [0.2, 0.25) is 0 Å². The van der Waals surface area contributed by atoms with E-state index in [1.54, 1.807) is 14.0 Å². The number of nitrogens with zero attached hydrogens (tertiary/aromatic N) is 1. The molecule has 98 valence electrons. The van der Waals surface area contributed by atoms with Gasteiger partial charge in [-0.25, -0.2) is 0 Å². The second-order valence-corrected chi connectivity index (χ2v) is 3.81. The molecule has 0 aliphatic carbocycles. The van der Waals surface area contributed by atoms with E-state index >= 15 is 0 Å². The SMILES string of the molecule is COCCC(C)Oc1cc(C=O)ccc1[N+](=O)[O-]. The summed E-state index contributed by atoms with van der Waals surface area (Å²) in [5, 5.41) is 10.8. The molecular formula is C12H15NO5. The van der Waals surface area contributed by atoms with E-state index in [4.69, 9.17) is 9.47 Å². The van der Waals surface area contributed by atoms with E-state index in [1.807, 2.05) is 0 Å². The fraction of sp³-hybridized carbons (Fsp3) is 0.417. The van der Waals surface area contributed by atoms with E-state index in [9.17, 15) is 14.9 Å². The number of aldehydes is 1. The van der Waals surface area contributed by atoms with Gasteiger partial charge in [0.15, 0.2) is 5.75 Å². The molecule has 0 bridgehead atoms. The topological polar surface area (TPSA) is 78.7 Å². The molecule has 0 amide bonds. The van der Waals surface area contributed by atoms with Gasteiger partial charge in [0.1, 0.15) is 6.29 Å². The third kappa shape index (κ3) is 3.81. The summed E-state index contributed by atoms with van der Waals surface area (Å²) in [7, 11) is 1.57. The Kier molecular flexibility index (Phi) is 5.26. The van der Waals surface area contributed by atoms with E-state index in [0.717, 1.165) is 0 Å². The lowest BCUT2D eigenvalue weighted by Gasteiger charge is -2.14. The van der Waals surface area contributed by atoms with Gasteiger partial charge < -0.3 is 9.47 Å². The molecule has 1 aromatic rings. The molecule has 0 aliphatic rings. The minimum absolute atomic E-state index is 0.105. The lowest BCUT2D eigenvalue weighted by Crippen LogP contribution is -2.15. The Labute approximate surface area is 105 Å². The molecule has 1 atom stereocenters. The fourth-order valence-corrected chi connectivity index (χ4v) is 1.41. The number of carbonyl (C=O) groups excluding carboxylic acids is 1. The van der Waals surface area contributed by atoms with Gasteiger partial charge in [-0.15, -0.1) is 0 Å². The minimum Gasteiger partial charge on any atom is -0.484 e. The normalized spacial score (nSPS) is 11.9. The molecule has 0 saturated heterocycles. The van der Waals surface area contributed by atoms with Crippen LogP contribution >= 0.6 is 0 Å². The van der Waals surface area contributed by atoms with Crippen LogP contribution in [-0.2, 0) is 4.74 Å². The molecular weight excluding hydrogens is 238 g/mol. The average Bonchev–Trinajstić information content (AvgIpc) is 2.35. The molecule has 6 nitrogen and oxygen atoms in total. The summed E-state index contributed by atoms with van der Waals surface area (Å²) in [4.78, 5) is 20.9. The second-order valence-electron chi connectivity index (χ2n) is 3.81. The fourth-order valence-electron chi connectivity index (χ4n) is 1.41. The van der Waals surface area contributed by atoms with Crippen LogP contribution in [-0.4, -0.2) is 31.0 Å². The summed E-state index contributed by atoms with van der Waals surface area (Å²) in [6, 6.07) is 4.02. The van der Waals surface area contributed by atoms with Gasteiger partial charge in [0.05, 0.1) is 11.0 Å². The highest BCUT2D eigenvalue weighted by Gasteiger charge is 2.17. The Morgan fingerprint density at radius 2 is 2.22 bits per heavy atom. The van der Waals surface area contributed by atoms with Crippen molar-refractivity contribution in [2.24, 2.45) is 0 Å². The van der Waals surface area contributed by atoms with Crippen molar-refractivity contribution < 1.29 is 19.2 Å². The number of rotatable bonds is 7. The Bertz CT molecular complexity index is 432. The van der Waals surface area contributed by atoms with Crippen molar-refractivity contribution in [2.75, 3.05) is 13.7 Å². The molecule has 18 heavy (non-hydrogen) atoms. The maximum Gasteiger partial charge on any atom is 0.310 e. The van der Waals surface area contributed by atoms with E-state index in [1.165, 1.54) is 18.2 Å². The van der Waals surface area contributed by atoms with Crippen molar-refractivity contribution in [2.45, 2.75) is 19.4 Å². The predicted molar refractivity (Wildman–Crippen MR) is 65.1 cm³/mol. The number of hydrogen-bond donors (Lipinski definition) is 0. The first-order valence-electron chi connectivity index (χ1n) is 5.47. The number of nitro groups is 1. The van der Waals surface area contributed by atoms with E-state index in [-0.39, 0.29) is 17.5 Å². The highest BCUT2D eigenvalue weighted by atomic mass is 16.6. The van der Waals surface area contributed by atoms with Gasteiger partial charge in [0.25, 0.3) is 0 Å². The highest BCUT2D eigenvalue weighted by Crippen LogP contribution is 2.28. The maximum absolute atomic E-state index is 10.8. The average molecular weight is 253 g/mol. The highest BCUT2D eigenvalue weighted by molar-refractivity contribution is 5.76. The van der Waals surface area contributed by atoms with E-state index in [2.05, 4.69) is 0 Å². The maximum atomic E-state index is 10.8. The Morgan fingerprint density at radius 1 is 1.50 bits per heavy atom. The summed E-state index contributed by atoms with van der Waals surface area (Å²) in [6.07, 6.45) is 1.00. The van der Waals surface area contributed by atoms with Gasteiger partial charge in [-0.3, -0.25) is 14.9 Å². The predicted octanol–water partition coefficient (Wildman–Crippen LogP) is 2.21. The molecule has 0 fully saturated rings. The second kappa shape index (κ2) is 6.70. The lowest BCUT2D eigenvalue weighted by atomic mass is 10.2. The Hall–Kier alpha value is -1.95. The van der Waals surface area contributed by atoms with Crippen molar-refractivity contribution >= 4 is 12.0 Å². The van der Waals surface area contributed by atoms with Gasteiger partial charge in [-0.1, -0.05) is 0 Å². The van der Waals surface area contributed by atoms with E-state index < -0.39 is 4.92 Å². The van der Waals surface area contributed by atoms with Crippen LogP contribution in [0, 0.1) is 10.1 Å². The first-order valence-corrected chi connectivity index (χ1v) is 5.47. The quantitative estimate of drug-likeness (QED) is 0.423. The molecule has 1 aromatic carbocycles. The standard InChI is InChI=1S/C12H15NO5/c1-9(5-6-17-2)18-12-7-10(8-14)3-4-11(12)13(15)16/h3-4,7-9H,5-6H2,1-2H3. The smallest absolute Gasteiger partial charge is 0.310 e. The number of nitro benzene ring substituents is 1. The summed E-state index contributed by atoms with van der Waals surface area (Å²) in [6.45, 7) is 2.29. The number of hydrogen-bond acceptors (Lipinski definition) is 5. The van der Waals surface area contributed by atoms with E-state index in [0.29, 0.717) is 24.9 Å². The van der Waals surface area contributed by atoms with Gasteiger partial charge in [0, 0.05) is 31.8 Å². The molecule has 0 saturated carbocycles. The van der Waals surface area contributed by atoms with Crippen LogP contribution in [0.1, 0.15) is 23.7 Å². The summed E-state index contributed by atoms with van der Waals surface area (Å²) >= 11 is 0. The Balaban J connectivity index is 2.90. The summed E-state index contributed by atoms with van der Waals surface area (Å²) in [5.74, 6) is 0.105. The molecule has 1 rings (SSSR count). The number of benzene rings is 1. The molecule has 0 radical (unpaired) electrons. The van der Waals surface area contributed by atoms with Gasteiger partial charge in [-0.05, 0) is 19.1 Å². The number of ether oxygens (including phenoxy) is 2. The number of carbonyl (C=O) groups is 1. The first kappa shape index (κ1) is 14.1. The van der Waals surface area contributed by atoms with Crippen LogP contribution < -0.4 is 4.74 Å². The lowest BCUT2D eigenvalue weighted by molar-refractivity contribution is -0.386. The summed E-state index contributed by atoms with van der Waals surface area (Å²) < 4.78 is 10.4. The van der Waals surface area contributed by atoms with Gasteiger partial charge in [-0.2, -0.15) is 0 Å². The molecule has 1 unspecified atom stereocenters. The van der Waals surface area contributed by atoms with Crippen LogP contribution in [0.15, 0.2) is 18.2 Å². The Morgan fingerprint density at radius 3 is 2.78 bits per heavy atom. The zero-order valence-electron chi connectivity index (χ0n) is 10.3. The minimum atomic E-state index is -0.535. The van der Waals surface area contributed by atoms with Crippen LogP contribution in [0.2, 0.25) is 0 Å². The van der Waals surface area contributed by atoms with Crippen molar-refractivity contribution in [1.82, 2.24) is 0 Å². The zero-order valence-corrected chi connectivity index (χ0v) is 10.3. The third-order valence-electron chi connectivity index (χ3n) is 2.37. The van der Waals surface area contributed by atoms with Crippen LogP contribution in [0.5, 0.6) is 5.75 Å². The molecule has 0 aliphatic heterocycles. The molecule has 0 heterocycles. The van der Waals surface area contributed by atoms with Gasteiger partial charge >= 0.3 is 5.69 Å². The van der Waals surface area contributed by atoms with Crippen LogP contribution in [0.4, 0.5) is 5.69 Å². The third-order valence-corrected chi connectivity index (χ3v) is 2.37. The molecule has 0 spiro atoms. The molecule has 6 heteroatoms. The van der Waals surface area contributed by atoms with Crippen molar-refractivity contribution in [3.05, 3.63) is 33.9 Å². The molecule has 0 aromatic heterocycles. The van der Waals surface area contributed by atoms with Crippen molar-refractivity contribution in [3.63, 3.8) is 0 Å². The van der Waals surface area contributed by atoms with Crippen molar-refractivity contribution in [1.29, 1.82) is 0 Å². The number of methoxy groups -OCH3 is 1. The largest absolute Gasteiger partial charge is 0.484 e. The first-order chi connectivity index (χ1) is 8.58. The zero-order chi connectivity index (χ0) is 13.5. The van der Waals surface area contributed by atoms with Crippen LogP contribution in [0.3, 0.4) is 0 Å². The monoisotopic (exact) mass is 253 g/mol. The van der Waals surface area contributed by atoms with Crippen LogP contribution in [0.25, 0.3) is 0 Å². The summed E-state index contributed by atoms with van der Waals surface area (Å²) in [5.41, 5.74) is 0.194. The van der Waals surface area contributed by atoms with Crippen molar-refractivity contribution in [3.8, 4) is 5.75 Å².